The van der Waals surface area contributed by atoms with Gasteiger partial charge in [0, 0.05) is 60.8 Å². The Morgan fingerprint density at radius 3 is 1.20 bits per heavy atom. The number of terminal acetylenes is 6. The summed E-state index contributed by atoms with van der Waals surface area (Å²) < 4.78 is 70.7. The first kappa shape index (κ1) is 81.9. The molecule has 38 nitrogen and oxygen atoms in total. The maximum Gasteiger partial charge on any atom is 0.398 e. The Labute approximate surface area is 584 Å². The molecule has 1 amide bonds. The van der Waals surface area contributed by atoms with E-state index >= 15 is 0 Å². The van der Waals surface area contributed by atoms with Gasteiger partial charge in [-0.25, -0.2) is 24.0 Å². The highest BCUT2D eigenvalue weighted by atomic mass is 35.5. The Bertz CT molecular complexity index is 4800. The number of rotatable bonds is 12. The number of ether oxygens (including phenoxy) is 5. The van der Waals surface area contributed by atoms with E-state index in [2.05, 4.69) is 34.6 Å². The third-order valence-corrected chi connectivity index (χ3v) is 16.8. The van der Waals surface area contributed by atoms with Crippen LogP contribution in [0, 0.1) is 115 Å². The number of H-pyrrole nitrogens is 4. The summed E-state index contributed by atoms with van der Waals surface area (Å²) in [5.41, 5.74) is -4.29. The van der Waals surface area contributed by atoms with Crippen LogP contribution in [0.25, 0.3) is 0 Å². The van der Waals surface area contributed by atoms with E-state index in [0.717, 1.165) is 61.1 Å². The molecule has 0 aliphatic carbocycles. The molecule has 5 aromatic heterocycles. The summed E-state index contributed by atoms with van der Waals surface area (Å²) in [5, 5.41) is 106. The smallest absolute Gasteiger partial charge is 0.392 e. The van der Waals surface area contributed by atoms with Crippen molar-refractivity contribution in [2.75, 3.05) is 38.8 Å². The van der Waals surface area contributed by atoms with E-state index in [1.807, 2.05) is 15.0 Å². The first-order valence-corrected chi connectivity index (χ1v) is 29.7. The standard InChI is InChI=1S/C13H14ClN3O4.C13H12N2O5.C12H11F3N2O5.C12H13N3O6.C12H11N3O5/c1-2-13(7-18)10(19)8(3-5-14)11(21-13)17-6-4-9(15)16-12(17)20;1-3-8-10(18)13(4-2,7-16)20-11(8)15-6-5-9(17)14-12(15)19;1-2-11(5-18)8(20)7(12(13,14)15)9(22-11)17-4-3-6(19)16-10(17)21;1-2-12(5-16)8(18)7(9(13)19)10(21-12)15-4-3-6(17)14-11(15)20;1-2-12(6-16)9(18)7(5-13)10(20-12)15-4-3-8(17)14-11(15)19/h1,3-6,8,10-11,18-19H,7H2,(H2,15,16,20);1-2,5-6,8,10-11,16,18H,7H2,(H,14,17,19);1,3-4,7-9,18,20H,5H2,(H,16,19,21);1,3-4,7-8,10,16,18H,5H2,(H2,13,19)(H,14,17,20);1,3-4,7,9-10,16,18H,6H2,(H,14,17,19)/t2*8-,10-,11+,13+;7-,8-,9+,11+;7-,8+,10-,12-;7-,9-,10+,12+/m00010/s1. The van der Waals surface area contributed by atoms with Gasteiger partial charge in [-0.15, -0.1) is 38.5 Å². The Hall–Kier alpha value is -11.1. The van der Waals surface area contributed by atoms with Crippen LogP contribution < -0.4 is 62.2 Å². The molecule has 0 unspecified atom stereocenters. The minimum Gasteiger partial charge on any atom is -0.392 e. The maximum atomic E-state index is 13.2. The second kappa shape index (κ2) is 32.9. The molecule has 5 aliphatic rings. The summed E-state index contributed by atoms with van der Waals surface area (Å²) >= 11 is 5.56. The van der Waals surface area contributed by atoms with Crippen molar-refractivity contribution in [1.82, 2.24) is 47.8 Å². The van der Waals surface area contributed by atoms with Crippen LogP contribution in [0.2, 0.25) is 0 Å². The first-order valence-electron chi connectivity index (χ1n) is 29.3. The molecule has 10 heterocycles. The molecule has 18 N–H and O–H groups in total. The van der Waals surface area contributed by atoms with Crippen molar-refractivity contribution in [3.63, 3.8) is 0 Å². The molecule has 104 heavy (non-hydrogen) atoms. The van der Waals surface area contributed by atoms with Crippen molar-refractivity contribution >= 4 is 23.3 Å². The molecule has 20 atom stereocenters. The highest BCUT2D eigenvalue weighted by molar-refractivity contribution is 6.25. The lowest BCUT2D eigenvalue weighted by atomic mass is 9.90. The van der Waals surface area contributed by atoms with Gasteiger partial charge in [-0.1, -0.05) is 53.2 Å². The molecular weight excluding hydrogens is 1420 g/mol. The molecule has 42 heteroatoms. The number of nitrogens with one attached hydrogen (secondary N) is 4. The van der Waals surface area contributed by atoms with Gasteiger partial charge < -0.3 is 86.2 Å². The number of nitrogen functional groups attached to an aromatic ring is 1. The van der Waals surface area contributed by atoms with Crippen LogP contribution in [-0.4, -0.2) is 202 Å². The molecule has 0 aromatic carbocycles. The van der Waals surface area contributed by atoms with Crippen LogP contribution in [0.1, 0.15) is 31.1 Å². The average molecular weight is 1480 g/mol. The minimum atomic E-state index is -4.96. The summed E-state index contributed by atoms with van der Waals surface area (Å²) in [5.74, 6) is 5.02. The van der Waals surface area contributed by atoms with Gasteiger partial charge >= 0.3 is 34.6 Å². The van der Waals surface area contributed by atoms with E-state index in [0.29, 0.717) is 4.57 Å². The first-order chi connectivity index (χ1) is 49.0. The van der Waals surface area contributed by atoms with Crippen LogP contribution >= 0.6 is 11.6 Å². The topological polar surface area (TPSA) is 596 Å². The number of amides is 1. The van der Waals surface area contributed by atoms with E-state index < -0.39 is 215 Å². The number of nitriles is 1. The van der Waals surface area contributed by atoms with Gasteiger partial charge in [0.15, 0.2) is 52.9 Å². The predicted molar refractivity (Wildman–Crippen MR) is 344 cm³/mol. The number of hydrogen-bond donors (Lipinski definition) is 16. The fourth-order valence-electron chi connectivity index (χ4n) is 11.0. The molecule has 5 fully saturated rings. The largest absolute Gasteiger partial charge is 0.398 e. The van der Waals surface area contributed by atoms with Crippen molar-refractivity contribution in [2.45, 2.75) is 95.8 Å². The Morgan fingerprint density at radius 1 is 0.529 bits per heavy atom. The van der Waals surface area contributed by atoms with Crippen molar-refractivity contribution in [3.05, 3.63) is 167 Å². The number of aliphatic hydroxyl groups excluding tert-OH is 10. The Morgan fingerprint density at radius 2 is 0.856 bits per heavy atom. The van der Waals surface area contributed by atoms with Gasteiger partial charge in [0.25, 0.3) is 22.2 Å². The number of primary amides is 1. The van der Waals surface area contributed by atoms with Gasteiger partial charge in [0.05, 0.1) is 50.9 Å². The van der Waals surface area contributed by atoms with Gasteiger partial charge in [-0.2, -0.15) is 23.4 Å². The maximum absolute atomic E-state index is 13.2. The highest BCUT2D eigenvalue weighted by Crippen LogP contribution is 2.49. The number of alkyl halides is 3. The SMILES string of the molecule is C#C[C@@H]1[C@H](n2ccc(=O)[nH]c2=O)O[C@](C#C)(CO)[C@H]1O.C#C[C@]1(CO)O[C@@H](n2ccc(=O)[nH]c2=O)[C@@H](C#N)[C@@H]1O.C#C[C@]1(CO)O[C@@H](n2ccc(=O)[nH]c2=O)[C@@H](C(F)(F)F)[C@@H]1O.C#C[C@]1(CO)O[C@@H](n2ccc(=O)[nH]c2=O)[C@@H](C(N)=O)[C@@H]1O.C#C[C@]1(CO)O[C@@H](n2ccc(N)nc2=O)[C@@H](C=CCl)[C@@H]1O. The van der Waals surface area contributed by atoms with E-state index in [9.17, 15) is 112 Å². The molecule has 552 valence electrons. The molecule has 0 spiro atoms. The molecule has 5 saturated heterocycles. The number of aromatic amines is 4. The van der Waals surface area contributed by atoms with Crippen molar-refractivity contribution in [3.8, 4) is 80.1 Å². The normalized spacial score (nSPS) is 32.2. The van der Waals surface area contributed by atoms with Gasteiger partial charge in [0.2, 0.25) is 5.91 Å². The monoisotopic (exact) mass is 1480 g/mol. The Balaban J connectivity index is 0.000000204. The van der Waals surface area contributed by atoms with Crippen LogP contribution in [-0.2, 0) is 28.5 Å². The van der Waals surface area contributed by atoms with Crippen LogP contribution in [0.3, 0.4) is 0 Å². The second-order valence-electron chi connectivity index (χ2n) is 22.6. The number of anilines is 1. The van der Waals surface area contributed by atoms with Crippen molar-refractivity contribution in [2.24, 2.45) is 35.3 Å². The summed E-state index contributed by atoms with van der Waals surface area (Å²) in [6, 6.07) is 7.24. The number of halogens is 4. The van der Waals surface area contributed by atoms with Crippen molar-refractivity contribution < 1.29 is 92.7 Å². The predicted octanol–water partition coefficient (Wildman–Crippen LogP) is -8.72. The lowest BCUT2D eigenvalue weighted by molar-refractivity contribution is -0.211. The lowest BCUT2D eigenvalue weighted by Crippen LogP contribution is -2.46. The summed E-state index contributed by atoms with van der Waals surface area (Å²) in [6.45, 7) is -3.82. The number of carbonyl (C=O) groups excluding carboxylic acids is 1. The number of carbonyl (C=O) groups is 1. The zero-order valence-corrected chi connectivity index (χ0v) is 53.7. The number of nitrogens with zero attached hydrogens (tertiary/aromatic N) is 7. The van der Waals surface area contributed by atoms with Gasteiger partial charge in [-0.3, -0.25) is 66.7 Å². The van der Waals surface area contributed by atoms with Gasteiger partial charge in [0.1, 0.15) is 60.3 Å². The second-order valence-corrected chi connectivity index (χ2v) is 22.8. The van der Waals surface area contributed by atoms with E-state index in [1.165, 1.54) is 30.1 Å². The summed E-state index contributed by atoms with van der Waals surface area (Å²) in [6.07, 6.45) is 19.0. The quantitative estimate of drug-likeness (QED) is 0.0516. The molecule has 0 saturated carbocycles. The fourth-order valence-corrected chi connectivity index (χ4v) is 11.2. The van der Waals surface area contributed by atoms with E-state index in [4.69, 9.17) is 90.6 Å². The zero-order valence-electron chi connectivity index (χ0n) is 53.0. The van der Waals surface area contributed by atoms with Gasteiger partial charge in [-0.05, 0) is 6.07 Å². The summed E-state index contributed by atoms with van der Waals surface area (Å²) in [4.78, 5) is 126. The Kier molecular flexibility index (Phi) is 25.9. The number of aromatic nitrogens is 10. The number of hydrogen-bond acceptors (Lipinski definition) is 28. The van der Waals surface area contributed by atoms with E-state index in [1.54, 1.807) is 17.0 Å². The summed E-state index contributed by atoms with van der Waals surface area (Å²) in [7, 11) is 0. The molecular formula is C62H61ClF3N13O25. The lowest BCUT2D eigenvalue weighted by Gasteiger charge is -2.25. The average Bonchev–Trinajstić information content (AvgIpc) is 1.63. The fraction of sp³-hybridized carbons (Fsp3) is 0.419. The van der Waals surface area contributed by atoms with Crippen molar-refractivity contribution in [1.29, 1.82) is 5.26 Å². The number of nitrogens with two attached hydrogens (primary N) is 2. The third-order valence-electron chi connectivity index (χ3n) is 16.7. The van der Waals surface area contributed by atoms with Crippen LogP contribution in [0.4, 0.5) is 19.0 Å². The van der Waals surface area contributed by atoms with E-state index in [-0.39, 0.29) is 5.82 Å². The molecule has 5 aromatic rings. The zero-order chi connectivity index (χ0) is 77.9. The minimum absolute atomic E-state index is 0.0598. The number of aliphatic hydroxyl groups is 10. The molecule has 5 aliphatic heterocycles. The van der Waals surface area contributed by atoms with Crippen LogP contribution in [0.15, 0.2) is 116 Å². The highest BCUT2D eigenvalue weighted by Gasteiger charge is 2.65. The molecule has 0 bridgehead atoms. The van der Waals surface area contributed by atoms with Crippen LogP contribution in [0.5, 0.6) is 0 Å². The third kappa shape index (κ3) is 15.8. The molecule has 10 rings (SSSR count). The molecule has 0 radical (unpaired) electrons.